The second-order valence-electron chi connectivity index (χ2n) is 4.35. The number of rotatable bonds is 4. The Morgan fingerprint density at radius 2 is 2.22 bits per heavy atom. The van der Waals surface area contributed by atoms with Crippen LogP contribution in [0.5, 0.6) is 0 Å². The zero-order valence-electron chi connectivity index (χ0n) is 10.9. The van der Waals surface area contributed by atoms with Crippen molar-refractivity contribution in [3.63, 3.8) is 0 Å². The number of hydrogen-bond donors (Lipinski definition) is 2. The van der Waals surface area contributed by atoms with Gasteiger partial charge in [-0.3, -0.25) is 0 Å². The van der Waals surface area contributed by atoms with E-state index >= 15 is 0 Å². The molecule has 3 heteroatoms. The summed E-state index contributed by atoms with van der Waals surface area (Å²) in [6.07, 6.45) is 9.02. The van der Waals surface area contributed by atoms with E-state index in [9.17, 15) is 0 Å². The summed E-state index contributed by atoms with van der Waals surface area (Å²) in [5, 5.41) is 6.57. The zero-order chi connectivity index (χ0) is 12.8. The third kappa shape index (κ3) is 3.00. The Bertz CT molecular complexity index is 486. The highest BCUT2D eigenvalue weighted by molar-refractivity contribution is 5.86. The molecule has 0 bridgehead atoms. The van der Waals surface area contributed by atoms with Gasteiger partial charge in [0.2, 0.25) is 0 Å². The van der Waals surface area contributed by atoms with Gasteiger partial charge in [0, 0.05) is 17.8 Å². The summed E-state index contributed by atoms with van der Waals surface area (Å²) in [5.41, 5.74) is 3.20. The first-order chi connectivity index (χ1) is 8.81. The summed E-state index contributed by atoms with van der Waals surface area (Å²) >= 11 is 0. The number of allylic oxidation sites excluding steroid dienone is 1. The van der Waals surface area contributed by atoms with Gasteiger partial charge in [-0.25, -0.2) is 4.99 Å². The maximum absolute atomic E-state index is 4.30. The van der Waals surface area contributed by atoms with E-state index in [-0.39, 0.29) is 0 Å². The molecule has 1 aromatic carbocycles. The molecule has 0 aliphatic carbocycles. The van der Waals surface area contributed by atoms with Gasteiger partial charge >= 0.3 is 0 Å². The minimum atomic E-state index is 0.418. The molecule has 1 heterocycles. The van der Waals surface area contributed by atoms with Crippen LogP contribution >= 0.6 is 0 Å². The summed E-state index contributed by atoms with van der Waals surface area (Å²) in [4.78, 5) is 4.30. The topological polar surface area (TPSA) is 36.4 Å². The maximum Gasteiger partial charge on any atom is 0.0931 e. The highest BCUT2D eigenvalue weighted by atomic mass is 15.0. The molecule has 0 saturated heterocycles. The van der Waals surface area contributed by atoms with E-state index in [1.165, 1.54) is 0 Å². The van der Waals surface area contributed by atoms with Crippen LogP contribution in [0.25, 0.3) is 5.70 Å². The van der Waals surface area contributed by atoms with Crippen LogP contribution in [0.1, 0.15) is 25.8 Å². The fourth-order valence-electron chi connectivity index (χ4n) is 1.82. The molecule has 0 saturated carbocycles. The minimum Gasteiger partial charge on any atom is -0.386 e. The average Bonchev–Trinajstić information content (AvgIpc) is 2.42. The van der Waals surface area contributed by atoms with Crippen LogP contribution < -0.4 is 10.6 Å². The van der Waals surface area contributed by atoms with Crippen molar-refractivity contribution in [3.05, 3.63) is 48.2 Å². The minimum absolute atomic E-state index is 0.418. The van der Waals surface area contributed by atoms with Gasteiger partial charge in [0.15, 0.2) is 0 Å². The van der Waals surface area contributed by atoms with Crippen molar-refractivity contribution in [2.24, 2.45) is 4.99 Å². The van der Waals surface area contributed by atoms with Crippen molar-refractivity contribution in [1.29, 1.82) is 0 Å². The molecule has 1 aliphatic rings. The molecule has 18 heavy (non-hydrogen) atoms. The number of nitrogens with one attached hydrogen (secondary N) is 2. The first-order valence-corrected chi connectivity index (χ1v) is 6.27. The van der Waals surface area contributed by atoms with Gasteiger partial charge in [-0.2, -0.15) is 0 Å². The van der Waals surface area contributed by atoms with Crippen LogP contribution in [-0.4, -0.2) is 12.4 Å². The van der Waals surface area contributed by atoms with Crippen LogP contribution in [0.4, 0.5) is 5.69 Å². The predicted octanol–water partition coefficient (Wildman–Crippen LogP) is 3.19. The van der Waals surface area contributed by atoms with Crippen LogP contribution in [0, 0.1) is 0 Å². The number of aliphatic imine (C=N–C) groups is 1. The van der Waals surface area contributed by atoms with Crippen molar-refractivity contribution < 1.29 is 0 Å². The monoisotopic (exact) mass is 241 g/mol. The number of fused-ring (bicyclic) bond motifs is 1. The normalized spacial score (nSPS) is 17.6. The number of benzene rings is 1. The van der Waals surface area contributed by atoms with Crippen LogP contribution in [0.3, 0.4) is 0 Å². The zero-order valence-corrected chi connectivity index (χ0v) is 10.9. The van der Waals surface area contributed by atoms with Crippen molar-refractivity contribution in [2.75, 3.05) is 0 Å². The summed E-state index contributed by atoms with van der Waals surface area (Å²) in [6.45, 7) is 4.21. The lowest BCUT2D eigenvalue weighted by Gasteiger charge is -2.17. The van der Waals surface area contributed by atoms with Crippen molar-refractivity contribution >= 4 is 17.7 Å². The second-order valence-corrected chi connectivity index (χ2v) is 4.35. The maximum atomic E-state index is 4.30. The molecule has 0 spiro atoms. The van der Waals surface area contributed by atoms with Crippen LogP contribution in [0.15, 0.2) is 47.6 Å². The first-order valence-electron chi connectivity index (χ1n) is 6.27. The molecule has 0 unspecified atom stereocenters. The SMILES string of the molecule is C/C=C\C[C@@H](C)N/C=C1\NC=Nc2ccccc21. The van der Waals surface area contributed by atoms with Crippen molar-refractivity contribution in [3.8, 4) is 0 Å². The van der Waals surface area contributed by atoms with Gasteiger partial charge in [0.05, 0.1) is 17.7 Å². The summed E-state index contributed by atoms with van der Waals surface area (Å²) in [7, 11) is 0. The smallest absolute Gasteiger partial charge is 0.0931 e. The molecule has 0 aromatic heterocycles. The van der Waals surface area contributed by atoms with Gasteiger partial charge in [0.25, 0.3) is 0 Å². The fourth-order valence-corrected chi connectivity index (χ4v) is 1.82. The first kappa shape index (κ1) is 12.4. The Morgan fingerprint density at radius 3 is 3.06 bits per heavy atom. The fraction of sp³-hybridized carbons (Fsp3) is 0.267. The van der Waals surface area contributed by atoms with Crippen LogP contribution in [-0.2, 0) is 0 Å². The lowest BCUT2D eigenvalue weighted by atomic mass is 10.1. The quantitative estimate of drug-likeness (QED) is 0.794. The van der Waals surface area contributed by atoms with E-state index in [1.807, 2.05) is 31.3 Å². The summed E-state index contributed by atoms with van der Waals surface area (Å²) < 4.78 is 0. The molecule has 2 N–H and O–H groups in total. The predicted molar refractivity (Wildman–Crippen MR) is 77.7 cm³/mol. The Kier molecular flexibility index (Phi) is 4.18. The number of para-hydroxylation sites is 1. The van der Waals surface area contributed by atoms with E-state index in [0.29, 0.717) is 6.04 Å². The molecule has 1 aliphatic heterocycles. The molecule has 0 radical (unpaired) electrons. The molecular weight excluding hydrogens is 222 g/mol. The van der Waals surface area contributed by atoms with Gasteiger partial charge < -0.3 is 10.6 Å². The number of hydrogen-bond acceptors (Lipinski definition) is 3. The van der Waals surface area contributed by atoms with Gasteiger partial charge in [-0.05, 0) is 26.3 Å². The Morgan fingerprint density at radius 1 is 1.39 bits per heavy atom. The molecular formula is C15H19N3. The Balaban J connectivity index is 2.08. The van der Waals surface area contributed by atoms with E-state index in [1.54, 1.807) is 6.34 Å². The van der Waals surface area contributed by atoms with E-state index < -0.39 is 0 Å². The second kappa shape index (κ2) is 6.05. The average molecular weight is 241 g/mol. The molecule has 0 amide bonds. The highest BCUT2D eigenvalue weighted by Crippen LogP contribution is 2.26. The Labute approximate surface area is 108 Å². The van der Waals surface area contributed by atoms with Crippen molar-refractivity contribution in [1.82, 2.24) is 10.6 Å². The lowest BCUT2D eigenvalue weighted by Crippen LogP contribution is -2.23. The molecule has 0 fully saturated rings. The standard InChI is InChI=1S/C15H19N3/c1-3-4-7-12(2)16-10-15-13-8-5-6-9-14(13)17-11-18-15/h3-6,8-12,16H,7H2,1-2H3,(H,17,18)/b4-3-,15-10-/t12-/m1/s1. The Hall–Kier alpha value is -2.03. The summed E-state index contributed by atoms with van der Waals surface area (Å²) in [5.74, 6) is 0. The third-order valence-corrected chi connectivity index (χ3v) is 2.86. The van der Waals surface area contributed by atoms with Gasteiger partial charge in [0.1, 0.15) is 0 Å². The molecule has 1 aromatic rings. The molecule has 3 nitrogen and oxygen atoms in total. The van der Waals surface area contributed by atoms with Gasteiger partial charge in [-0.1, -0.05) is 30.4 Å². The number of nitrogens with zero attached hydrogens (tertiary/aromatic N) is 1. The van der Waals surface area contributed by atoms with E-state index in [4.69, 9.17) is 0 Å². The highest BCUT2D eigenvalue weighted by Gasteiger charge is 2.09. The molecule has 2 rings (SSSR count). The van der Waals surface area contributed by atoms with Gasteiger partial charge in [-0.15, -0.1) is 0 Å². The van der Waals surface area contributed by atoms with Crippen LogP contribution in [0.2, 0.25) is 0 Å². The van der Waals surface area contributed by atoms with E-state index in [2.05, 4.69) is 40.8 Å². The summed E-state index contributed by atoms with van der Waals surface area (Å²) in [6, 6.07) is 8.54. The third-order valence-electron chi connectivity index (χ3n) is 2.86. The van der Waals surface area contributed by atoms with Crippen molar-refractivity contribution in [2.45, 2.75) is 26.3 Å². The molecule has 94 valence electrons. The van der Waals surface area contributed by atoms with E-state index in [0.717, 1.165) is 23.4 Å². The lowest BCUT2D eigenvalue weighted by molar-refractivity contribution is 0.648. The largest absolute Gasteiger partial charge is 0.386 e. The molecule has 1 atom stereocenters.